The molecule has 0 bridgehead atoms. The number of hydrogen-bond donors (Lipinski definition) is 1. The van der Waals surface area contributed by atoms with E-state index < -0.39 is 0 Å². The van der Waals surface area contributed by atoms with Crippen LogP contribution < -0.4 is 5.32 Å². The Hall–Kier alpha value is -0.280. The van der Waals surface area contributed by atoms with Gasteiger partial charge in [-0.25, -0.2) is 0 Å². The highest BCUT2D eigenvalue weighted by atomic mass is 35.5. The van der Waals surface area contributed by atoms with E-state index in [1.54, 1.807) is 0 Å². The summed E-state index contributed by atoms with van der Waals surface area (Å²) >= 11 is 12.3. The molecule has 1 aliphatic heterocycles. The summed E-state index contributed by atoms with van der Waals surface area (Å²) in [4.78, 5) is 0. The molecule has 0 spiro atoms. The monoisotopic (exact) mass is 301 g/mol. The van der Waals surface area contributed by atoms with Gasteiger partial charge in [-0.2, -0.15) is 0 Å². The van der Waals surface area contributed by atoms with Crippen LogP contribution in [0.4, 0.5) is 0 Å². The summed E-state index contributed by atoms with van der Waals surface area (Å²) in [6.45, 7) is 5.98. The van der Waals surface area contributed by atoms with E-state index in [4.69, 9.17) is 27.9 Å². The quantitative estimate of drug-likeness (QED) is 0.909. The van der Waals surface area contributed by atoms with Gasteiger partial charge in [-0.15, -0.1) is 0 Å². The van der Waals surface area contributed by atoms with Gasteiger partial charge in [0.15, 0.2) is 0 Å². The summed E-state index contributed by atoms with van der Waals surface area (Å²) in [5.41, 5.74) is 1.11. The molecule has 1 fully saturated rings. The Morgan fingerprint density at radius 3 is 2.89 bits per heavy atom. The molecule has 0 aliphatic carbocycles. The predicted octanol–water partition coefficient (Wildman–Crippen LogP) is 3.94. The largest absolute Gasteiger partial charge is 0.381 e. The minimum absolute atomic E-state index is 0.451. The van der Waals surface area contributed by atoms with Gasteiger partial charge in [-0.1, -0.05) is 37.0 Å². The summed E-state index contributed by atoms with van der Waals surface area (Å²) < 4.78 is 5.62. The molecule has 2 rings (SSSR count). The normalized spacial score (nSPS) is 23.8. The van der Waals surface area contributed by atoms with Crippen LogP contribution in [0.2, 0.25) is 10.0 Å². The fourth-order valence-electron chi connectivity index (χ4n) is 2.63. The number of ether oxygens (including phenoxy) is 1. The van der Waals surface area contributed by atoms with Crippen molar-refractivity contribution in [2.24, 2.45) is 5.92 Å². The molecule has 2 unspecified atom stereocenters. The Labute approximate surface area is 125 Å². The predicted molar refractivity (Wildman–Crippen MR) is 81.2 cm³/mol. The number of rotatable bonds is 4. The second-order valence-electron chi connectivity index (χ2n) is 5.49. The zero-order valence-electron chi connectivity index (χ0n) is 11.5. The molecule has 1 saturated heterocycles. The molecule has 0 radical (unpaired) electrons. The smallest absolute Gasteiger partial charge is 0.0512 e. The second kappa shape index (κ2) is 6.94. The highest BCUT2D eigenvalue weighted by Crippen LogP contribution is 2.26. The van der Waals surface area contributed by atoms with Crippen molar-refractivity contribution in [1.82, 2.24) is 5.32 Å². The van der Waals surface area contributed by atoms with Gasteiger partial charge in [0.1, 0.15) is 0 Å². The minimum Gasteiger partial charge on any atom is -0.381 e. The molecule has 2 nitrogen and oxygen atoms in total. The molecule has 0 amide bonds. The molecule has 1 aliphatic rings. The first-order valence-electron chi connectivity index (χ1n) is 6.84. The average molecular weight is 302 g/mol. The molecule has 1 aromatic carbocycles. The van der Waals surface area contributed by atoms with E-state index in [1.807, 2.05) is 18.2 Å². The maximum absolute atomic E-state index is 6.25. The summed E-state index contributed by atoms with van der Waals surface area (Å²) in [6.07, 6.45) is 1.96. The highest BCUT2D eigenvalue weighted by molar-refractivity contribution is 6.33. The molecule has 19 heavy (non-hydrogen) atoms. The van der Waals surface area contributed by atoms with Crippen molar-refractivity contribution in [3.8, 4) is 0 Å². The first-order valence-corrected chi connectivity index (χ1v) is 7.59. The maximum Gasteiger partial charge on any atom is 0.0512 e. The van der Waals surface area contributed by atoms with Crippen molar-refractivity contribution in [1.29, 1.82) is 0 Å². The molecular weight excluding hydrogens is 281 g/mol. The lowest BCUT2D eigenvalue weighted by atomic mass is 9.89. The number of nitrogens with one attached hydrogen (secondary N) is 1. The molecule has 1 heterocycles. The first kappa shape index (κ1) is 15.1. The third kappa shape index (κ3) is 4.35. The lowest BCUT2D eigenvalue weighted by Gasteiger charge is -2.34. The molecule has 0 aromatic heterocycles. The van der Waals surface area contributed by atoms with E-state index in [-0.39, 0.29) is 0 Å². The Morgan fingerprint density at radius 1 is 1.37 bits per heavy atom. The summed E-state index contributed by atoms with van der Waals surface area (Å²) in [7, 11) is 0. The van der Waals surface area contributed by atoms with Crippen LogP contribution in [0, 0.1) is 5.92 Å². The van der Waals surface area contributed by atoms with Crippen LogP contribution in [0.5, 0.6) is 0 Å². The van der Waals surface area contributed by atoms with E-state index in [9.17, 15) is 0 Å². The lowest BCUT2D eigenvalue weighted by molar-refractivity contribution is 0.0300. The van der Waals surface area contributed by atoms with Crippen LogP contribution >= 0.6 is 23.2 Å². The summed E-state index contributed by atoms with van der Waals surface area (Å²) in [5, 5.41) is 5.16. The van der Waals surface area contributed by atoms with E-state index >= 15 is 0 Å². The van der Waals surface area contributed by atoms with Gasteiger partial charge >= 0.3 is 0 Å². The van der Waals surface area contributed by atoms with Crippen LogP contribution in [0.3, 0.4) is 0 Å². The van der Waals surface area contributed by atoms with Crippen molar-refractivity contribution in [2.45, 2.75) is 38.8 Å². The zero-order chi connectivity index (χ0) is 13.8. The van der Waals surface area contributed by atoms with Crippen LogP contribution in [0.1, 0.15) is 25.8 Å². The van der Waals surface area contributed by atoms with Crippen LogP contribution in [0.15, 0.2) is 18.2 Å². The zero-order valence-corrected chi connectivity index (χ0v) is 13.0. The van der Waals surface area contributed by atoms with E-state index in [1.165, 1.54) is 0 Å². The van der Waals surface area contributed by atoms with E-state index in [0.29, 0.717) is 18.0 Å². The SMILES string of the molecule is CC(C)NC1CCOCC1Cc1cc(Cl)ccc1Cl. The molecule has 0 saturated carbocycles. The Morgan fingerprint density at radius 2 is 2.16 bits per heavy atom. The molecule has 1 aromatic rings. The van der Waals surface area contributed by atoms with Crippen molar-refractivity contribution >= 4 is 23.2 Å². The second-order valence-corrected chi connectivity index (χ2v) is 6.34. The number of hydrogen-bond acceptors (Lipinski definition) is 2. The van der Waals surface area contributed by atoms with Gasteiger partial charge in [-0.3, -0.25) is 0 Å². The fourth-order valence-corrected chi connectivity index (χ4v) is 3.02. The van der Waals surface area contributed by atoms with Crippen molar-refractivity contribution in [2.75, 3.05) is 13.2 Å². The molecule has 1 N–H and O–H groups in total. The Bertz CT molecular complexity index is 423. The van der Waals surface area contributed by atoms with Crippen molar-refractivity contribution < 1.29 is 4.74 Å². The number of benzene rings is 1. The van der Waals surface area contributed by atoms with Gasteiger partial charge in [0.05, 0.1) is 6.61 Å². The fraction of sp³-hybridized carbons (Fsp3) is 0.600. The van der Waals surface area contributed by atoms with Gasteiger partial charge in [-0.05, 0) is 36.6 Å². The van der Waals surface area contributed by atoms with Gasteiger partial charge in [0, 0.05) is 34.7 Å². The van der Waals surface area contributed by atoms with Crippen LogP contribution in [-0.4, -0.2) is 25.3 Å². The summed E-state index contributed by atoms with van der Waals surface area (Å²) in [5.74, 6) is 0.451. The third-order valence-corrected chi connectivity index (χ3v) is 4.12. The first-order chi connectivity index (χ1) is 9.06. The van der Waals surface area contributed by atoms with E-state index in [2.05, 4.69) is 19.2 Å². The van der Waals surface area contributed by atoms with Crippen LogP contribution in [0.25, 0.3) is 0 Å². The van der Waals surface area contributed by atoms with Crippen molar-refractivity contribution in [3.63, 3.8) is 0 Å². The molecule has 106 valence electrons. The van der Waals surface area contributed by atoms with Gasteiger partial charge in [0.25, 0.3) is 0 Å². The van der Waals surface area contributed by atoms with Gasteiger partial charge in [0.2, 0.25) is 0 Å². The molecular formula is C15H21Cl2NO. The Kier molecular flexibility index (Phi) is 5.52. The maximum atomic E-state index is 6.25. The standard InChI is InChI=1S/C15H21Cl2NO/c1-10(2)18-15-5-6-19-9-12(15)7-11-8-13(16)3-4-14(11)17/h3-4,8,10,12,15,18H,5-7,9H2,1-2H3. The molecule has 4 heteroatoms. The lowest BCUT2D eigenvalue weighted by Crippen LogP contribution is -2.46. The highest BCUT2D eigenvalue weighted by Gasteiger charge is 2.26. The Balaban J connectivity index is 2.08. The number of halogens is 2. The van der Waals surface area contributed by atoms with E-state index in [0.717, 1.165) is 41.7 Å². The topological polar surface area (TPSA) is 21.3 Å². The van der Waals surface area contributed by atoms with Crippen molar-refractivity contribution in [3.05, 3.63) is 33.8 Å². The van der Waals surface area contributed by atoms with Crippen LogP contribution in [-0.2, 0) is 11.2 Å². The van der Waals surface area contributed by atoms with Gasteiger partial charge < -0.3 is 10.1 Å². The third-order valence-electron chi connectivity index (χ3n) is 3.51. The summed E-state index contributed by atoms with van der Waals surface area (Å²) in [6, 6.07) is 6.64. The average Bonchev–Trinajstić information content (AvgIpc) is 2.35. The minimum atomic E-state index is 0.451. The molecule has 2 atom stereocenters.